The second kappa shape index (κ2) is 14.5. The molecule has 0 aromatic heterocycles. The number of ketones is 2. The summed E-state index contributed by atoms with van der Waals surface area (Å²) in [7, 11) is 0. The van der Waals surface area contributed by atoms with Gasteiger partial charge in [-0.1, -0.05) is 85.6 Å². The van der Waals surface area contributed by atoms with Crippen molar-refractivity contribution in [1.82, 2.24) is 0 Å². The summed E-state index contributed by atoms with van der Waals surface area (Å²) in [6.07, 6.45) is 18.5. The fourth-order valence-electron chi connectivity index (χ4n) is 18.2. The second-order valence-corrected chi connectivity index (χ2v) is 25.2. The molecule has 344 valence electrons. The van der Waals surface area contributed by atoms with Gasteiger partial charge in [-0.25, -0.2) is 0 Å². The van der Waals surface area contributed by atoms with Crippen LogP contribution in [0.1, 0.15) is 179 Å². The average Bonchev–Trinajstić information content (AvgIpc) is 3.47. The Labute approximate surface area is 372 Å². The minimum absolute atomic E-state index is 0.0160. The molecule has 9 rings (SSSR count). The van der Waals surface area contributed by atoms with Crippen LogP contribution in [0.5, 0.6) is 0 Å². The first-order valence-corrected chi connectivity index (χ1v) is 24.6. The largest absolute Gasteiger partial charge is 0.481 e. The lowest BCUT2D eigenvalue weighted by Crippen LogP contribution is -2.67. The van der Waals surface area contributed by atoms with Crippen LogP contribution in [0.25, 0.3) is 0 Å². The number of hydrogen-bond acceptors (Lipinski definition) is 7. The number of Topliss-reactive ketones (excluding diaryl/α,β-unsaturated/α-hetero) is 1. The van der Waals surface area contributed by atoms with E-state index in [1.807, 2.05) is 6.08 Å². The molecule has 8 nitrogen and oxygen atoms in total. The van der Waals surface area contributed by atoms with E-state index < -0.39 is 23.1 Å². The number of hydrogen-bond donors (Lipinski definition) is 3. The number of fused-ring (bicyclic) bond motifs is 12. The van der Waals surface area contributed by atoms with Crippen molar-refractivity contribution in [2.75, 3.05) is 0 Å². The molecule has 62 heavy (non-hydrogen) atoms. The molecule has 0 amide bonds. The number of aliphatic hydroxyl groups is 2. The third-order valence-electron chi connectivity index (χ3n) is 21.9. The highest BCUT2D eigenvalue weighted by atomic mass is 16.6. The number of allylic oxidation sites excluding steroid dienone is 6. The predicted molar refractivity (Wildman–Crippen MR) is 240 cm³/mol. The molecule has 0 heterocycles. The van der Waals surface area contributed by atoms with E-state index in [-0.39, 0.29) is 67.5 Å². The molecular weight excluding hydrogens is 777 g/mol. The molecule has 0 aromatic carbocycles. The fourth-order valence-corrected chi connectivity index (χ4v) is 18.2. The van der Waals surface area contributed by atoms with Crippen molar-refractivity contribution in [3.05, 3.63) is 34.9 Å². The number of carbonyl (C=O) groups is 4. The molecule has 3 N–H and O–H groups in total. The molecule has 0 saturated heterocycles. The number of ether oxygens (including phenoxy) is 1. The summed E-state index contributed by atoms with van der Waals surface area (Å²) in [6.45, 7) is 26.0. The SMILES string of the molecule is CC(=O)OC1(C(C)=O)CCC2C3C=C(C)C4=CC(=O)CCC4(C)C3CCC21C.CC1(C)CCC2(C(=O)O)C(O)CC3(C)C(=CCC4C5(C)CCC(O)C(C)(C)C5CCC43C)C2C1. The minimum atomic E-state index is -1.04. The van der Waals surface area contributed by atoms with Crippen LogP contribution >= 0.6 is 0 Å². The summed E-state index contributed by atoms with van der Waals surface area (Å²) in [4.78, 5) is 49.6. The molecule has 8 heteroatoms. The third kappa shape index (κ3) is 6.01. The summed E-state index contributed by atoms with van der Waals surface area (Å²) in [6, 6.07) is 0. The number of rotatable bonds is 3. The fraction of sp³-hybridized carbons (Fsp3) is 0.815. The third-order valence-corrected chi connectivity index (χ3v) is 21.9. The van der Waals surface area contributed by atoms with Crippen molar-refractivity contribution in [3.8, 4) is 0 Å². The molecule has 9 aliphatic carbocycles. The number of carboxylic acid groups (broad SMARTS) is 1. The van der Waals surface area contributed by atoms with E-state index in [4.69, 9.17) is 4.74 Å². The van der Waals surface area contributed by atoms with Crippen LogP contribution < -0.4 is 0 Å². The van der Waals surface area contributed by atoms with Crippen LogP contribution in [-0.4, -0.2) is 56.6 Å². The van der Waals surface area contributed by atoms with Gasteiger partial charge in [-0.3, -0.25) is 19.2 Å². The van der Waals surface area contributed by atoms with Crippen LogP contribution in [0.3, 0.4) is 0 Å². The predicted octanol–water partition coefficient (Wildman–Crippen LogP) is 10.8. The molecule has 0 bridgehead atoms. The van der Waals surface area contributed by atoms with Crippen LogP contribution in [0.4, 0.5) is 0 Å². The first-order valence-electron chi connectivity index (χ1n) is 24.6. The van der Waals surface area contributed by atoms with E-state index in [0.29, 0.717) is 55.3 Å². The van der Waals surface area contributed by atoms with Gasteiger partial charge in [0.2, 0.25) is 0 Å². The van der Waals surface area contributed by atoms with Crippen molar-refractivity contribution < 1.29 is 39.2 Å². The first-order chi connectivity index (χ1) is 28.6. The normalized spacial score (nSPS) is 49.5. The molecular formula is C54H80O8. The van der Waals surface area contributed by atoms with Gasteiger partial charge in [-0.15, -0.1) is 0 Å². The molecule has 9 aliphatic rings. The second-order valence-electron chi connectivity index (χ2n) is 25.2. The van der Waals surface area contributed by atoms with E-state index in [9.17, 15) is 34.5 Å². The lowest BCUT2D eigenvalue weighted by Gasteiger charge is -2.71. The summed E-state index contributed by atoms with van der Waals surface area (Å²) in [5, 5.41) is 33.1. The maximum atomic E-state index is 12.8. The molecule has 6 fully saturated rings. The molecule has 15 atom stereocenters. The smallest absolute Gasteiger partial charge is 0.312 e. The summed E-state index contributed by atoms with van der Waals surface area (Å²) < 4.78 is 5.82. The molecule has 0 aliphatic heterocycles. The highest BCUT2D eigenvalue weighted by Gasteiger charge is 2.72. The van der Waals surface area contributed by atoms with Crippen LogP contribution in [-0.2, 0) is 23.9 Å². The quantitative estimate of drug-likeness (QED) is 0.188. The number of esters is 1. The number of carbonyl (C=O) groups excluding carboxylic acids is 3. The Morgan fingerprint density at radius 3 is 2.05 bits per heavy atom. The zero-order chi connectivity index (χ0) is 45.6. The molecule has 6 saturated carbocycles. The van der Waals surface area contributed by atoms with Crippen molar-refractivity contribution in [1.29, 1.82) is 0 Å². The summed E-state index contributed by atoms with van der Waals surface area (Å²) in [5.74, 6) is 1.12. The van der Waals surface area contributed by atoms with E-state index in [1.54, 1.807) is 6.92 Å². The maximum Gasteiger partial charge on any atom is 0.312 e. The Hall–Kier alpha value is -2.58. The highest BCUT2D eigenvalue weighted by Crippen LogP contribution is 2.76. The van der Waals surface area contributed by atoms with E-state index in [1.165, 1.54) is 23.6 Å². The Bertz CT molecular complexity index is 2020. The lowest BCUT2D eigenvalue weighted by molar-refractivity contribution is -0.218. The van der Waals surface area contributed by atoms with Crippen molar-refractivity contribution in [2.45, 2.75) is 197 Å². The van der Waals surface area contributed by atoms with Gasteiger partial charge in [-0.05, 0) is 183 Å². The van der Waals surface area contributed by atoms with Crippen molar-refractivity contribution in [3.63, 3.8) is 0 Å². The zero-order valence-electron chi connectivity index (χ0n) is 40.3. The molecule has 0 aromatic rings. The Morgan fingerprint density at radius 2 is 1.40 bits per heavy atom. The van der Waals surface area contributed by atoms with Crippen LogP contribution in [0.15, 0.2) is 34.9 Å². The topological polar surface area (TPSA) is 138 Å². The zero-order valence-corrected chi connectivity index (χ0v) is 40.3. The monoisotopic (exact) mass is 857 g/mol. The van der Waals surface area contributed by atoms with Crippen molar-refractivity contribution in [2.24, 2.45) is 78.8 Å². The van der Waals surface area contributed by atoms with Gasteiger partial charge in [-0.2, -0.15) is 0 Å². The molecule has 0 radical (unpaired) electrons. The lowest BCUT2D eigenvalue weighted by atomic mass is 9.33. The summed E-state index contributed by atoms with van der Waals surface area (Å²) >= 11 is 0. The highest BCUT2D eigenvalue weighted by molar-refractivity contribution is 5.93. The van der Waals surface area contributed by atoms with Gasteiger partial charge in [0.15, 0.2) is 17.2 Å². The van der Waals surface area contributed by atoms with Gasteiger partial charge < -0.3 is 20.1 Å². The van der Waals surface area contributed by atoms with E-state index in [0.717, 1.165) is 70.6 Å². The average molecular weight is 857 g/mol. The van der Waals surface area contributed by atoms with E-state index >= 15 is 0 Å². The van der Waals surface area contributed by atoms with Crippen LogP contribution in [0.2, 0.25) is 0 Å². The van der Waals surface area contributed by atoms with Gasteiger partial charge >= 0.3 is 11.9 Å². The van der Waals surface area contributed by atoms with E-state index in [2.05, 4.69) is 81.4 Å². The Kier molecular flexibility index (Phi) is 10.7. The Balaban J connectivity index is 0.000000174. The van der Waals surface area contributed by atoms with Gasteiger partial charge in [0.25, 0.3) is 0 Å². The van der Waals surface area contributed by atoms with Gasteiger partial charge in [0.1, 0.15) is 5.41 Å². The van der Waals surface area contributed by atoms with Crippen molar-refractivity contribution >= 4 is 23.5 Å². The summed E-state index contributed by atoms with van der Waals surface area (Å²) in [5.41, 5.74) is 1.45. The molecule has 15 unspecified atom stereocenters. The number of aliphatic hydroxyl groups excluding tert-OH is 2. The van der Waals surface area contributed by atoms with Gasteiger partial charge in [0, 0.05) is 18.8 Å². The maximum absolute atomic E-state index is 12.8. The molecule has 0 spiro atoms. The minimum Gasteiger partial charge on any atom is -0.481 e. The number of aliphatic carboxylic acids is 1. The Morgan fingerprint density at radius 1 is 0.742 bits per heavy atom. The van der Waals surface area contributed by atoms with Gasteiger partial charge in [0.05, 0.1) is 12.2 Å². The first kappa shape index (κ1) is 46.0. The standard InChI is InChI=1S/C30H48O4.C24H32O4/c1-25(2)14-15-30(24(33)34)19(16-25)18-8-9-21-27(5)12-11-22(31)26(3,4)20(27)10-13-28(21,6)29(18,7)17-23(30)32;1-14-12-18-19(22(4)9-6-17(27)13-21(14)22)7-10-23(5)20(18)8-11-24(23,15(2)25)28-16(3)26/h8,19-23,31-32H,9-17H2,1-7H3,(H,33,34);12-13,18-20H,6-11H2,1-5H3. The number of carboxylic acids is 1. The van der Waals surface area contributed by atoms with Crippen LogP contribution in [0, 0.1) is 78.8 Å².